The Labute approximate surface area is 120 Å². The van der Waals surface area contributed by atoms with Crippen LogP contribution in [0.5, 0.6) is 5.75 Å². The molecule has 1 aromatic carbocycles. The Balaban J connectivity index is 2.14. The minimum absolute atomic E-state index is 0.0999. The van der Waals surface area contributed by atoms with Gasteiger partial charge in [0.15, 0.2) is 5.82 Å². The lowest BCUT2D eigenvalue weighted by Crippen LogP contribution is -2.08. The first-order chi connectivity index (χ1) is 9.10. The van der Waals surface area contributed by atoms with Gasteiger partial charge in [-0.15, -0.1) is 0 Å². The number of carbonyl (C=O) groups is 1. The molecule has 0 amide bonds. The number of rotatable bonds is 4. The number of carbonyl (C=O) groups excluding carboxylic acids is 1. The number of hydrogen-bond acceptors (Lipinski definition) is 4. The fourth-order valence-corrected chi connectivity index (χ4v) is 2.21. The first-order valence-electron chi connectivity index (χ1n) is 5.74. The van der Waals surface area contributed by atoms with Gasteiger partial charge in [0.05, 0.1) is 11.6 Å². The number of aryl methyl sites for hydroxylation is 1. The zero-order valence-electron chi connectivity index (χ0n) is 10.7. The number of ketones is 1. The molecule has 19 heavy (non-hydrogen) atoms. The normalized spacial score (nSPS) is 10.3. The molecular formula is C14H13BrN2O2. The van der Waals surface area contributed by atoms with E-state index in [2.05, 4.69) is 25.9 Å². The van der Waals surface area contributed by atoms with E-state index in [1.165, 1.54) is 0 Å². The molecule has 0 aliphatic heterocycles. The molecule has 0 unspecified atom stereocenters. The van der Waals surface area contributed by atoms with Crippen LogP contribution in [-0.4, -0.2) is 22.9 Å². The molecule has 0 bridgehead atoms. The molecule has 0 aliphatic carbocycles. The second kappa shape index (κ2) is 5.93. The maximum absolute atomic E-state index is 12.0. The van der Waals surface area contributed by atoms with Gasteiger partial charge in [0.1, 0.15) is 5.75 Å². The highest BCUT2D eigenvalue weighted by Gasteiger charge is 2.11. The zero-order chi connectivity index (χ0) is 13.8. The molecule has 5 heteroatoms. The molecule has 1 aromatic heterocycles. The van der Waals surface area contributed by atoms with E-state index in [-0.39, 0.29) is 18.0 Å². The predicted octanol–water partition coefficient (Wildman–Crippen LogP) is 2.98. The molecule has 98 valence electrons. The van der Waals surface area contributed by atoms with Crippen LogP contribution in [0, 0.1) is 6.92 Å². The highest BCUT2D eigenvalue weighted by atomic mass is 79.9. The number of benzene rings is 1. The van der Waals surface area contributed by atoms with Gasteiger partial charge in [-0.1, -0.05) is 6.07 Å². The molecule has 4 nitrogen and oxygen atoms in total. The van der Waals surface area contributed by atoms with E-state index >= 15 is 0 Å². The van der Waals surface area contributed by atoms with Crippen molar-refractivity contribution < 1.29 is 9.53 Å². The molecule has 0 saturated carbocycles. The molecule has 0 N–H and O–H groups in total. The number of Topliss-reactive ketones (excluding diaryl/α,β-unsaturated/α-hetero) is 1. The highest BCUT2D eigenvalue weighted by Crippen LogP contribution is 2.25. The zero-order valence-corrected chi connectivity index (χ0v) is 12.3. The SMILES string of the molecule is COc1ccc(CC(=O)c2ncc(C)cn2)cc1Br. The number of methoxy groups -OCH3 is 1. The van der Waals surface area contributed by atoms with Gasteiger partial charge < -0.3 is 4.74 Å². The van der Waals surface area contributed by atoms with E-state index in [1.807, 2.05) is 25.1 Å². The lowest BCUT2D eigenvalue weighted by atomic mass is 10.1. The number of aromatic nitrogens is 2. The predicted molar refractivity (Wildman–Crippen MR) is 75.5 cm³/mol. The lowest BCUT2D eigenvalue weighted by molar-refractivity contribution is 0.0983. The van der Waals surface area contributed by atoms with Crippen molar-refractivity contribution in [2.24, 2.45) is 0 Å². The quantitative estimate of drug-likeness (QED) is 0.813. The van der Waals surface area contributed by atoms with E-state index in [4.69, 9.17) is 4.74 Å². The Morgan fingerprint density at radius 2 is 2.00 bits per heavy atom. The van der Waals surface area contributed by atoms with Crippen LogP contribution in [0.3, 0.4) is 0 Å². The Hall–Kier alpha value is -1.75. The minimum Gasteiger partial charge on any atom is -0.496 e. The van der Waals surface area contributed by atoms with Crippen molar-refractivity contribution in [1.29, 1.82) is 0 Å². The Kier molecular flexibility index (Phi) is 4.27. The van der Waals surface area contributed by atoms with Gasteiger partial charge in [-0.25, -0.2) is 9.97 Å². The second-order valence-corrected chi connectivity index (χ2v) is 5.01. The van der Waals surface area contributed by atoms with Crippen molar-refractivity contribution in [2.45, 2.75) is 13.3 Å². The summed E-state index contributed by atoms with van der Waals surface area (Å²) in [6, 6.07) is 5.54. The minimum atomic E-state index is -0.0999. The molecule has 0 saturated heterocycles. The van der Waals surface area contributed by atoms with E-state index < -0.39 is 0 Å². The lowest BCUT2D eigenvalue weighted by Gasteiger charge is -2.05. The van der Waals surface area contributed by atoms with Gasteiger partial charge in [0, 0.05) is 18.8 Å². The Morgan fingerprint density at radius 1 is 1.32 bits per heavy atom. The molecule has 0 radical (unpaired) electrons. The number of ether oxygens (including phenoxy) is 1. The average molecular weight is 321 g/mol. The van der Waals surface area contributed by atoms with Crippen LogP contribution >= 0.6 is 15.9 Å². The number of hydrogen-bond donors (Lipinski definition) is 0. The topological polar surface area (TPSA) is 52.1 Å². The monoisotopic (exact) mass is 320 g/mol. The average Bonchev–Trinajstić information content (AvgIpc) is 2.39. The molecule has 2 aromatic rings. The summed E-state index contributed by atoms with van der Waals surface area (Å²) in [4.78, 5) is 20.1. The number of nitrogens with zero attached hydrogens (tertiary/aromatic N) is 2. The molecule has 0 spiro atoms. The van der Waals surface area contributed by atoms with E-state index in [9.17, 15) is 4.79 Å². The van der Waals surface area contributed by atoms with Crippen molar-refractivity contribution in [3.8, 4) is 5.75 Å². The first-order valence-corrected chi connectivity index (χ1v) is 6.53. The van der Waals surface area contributed by atoms with Crippen LogP contribution in [0.15, 0.2) is 35.1 Å². The smallest absolute Gasteiger partial charge is 0.204 e. The van der Waals surface area contributed by atoms with Gasteiger partial charge in [-0.2, -0.15) is 0 Å². The summed E-state index contributed by atoms with van der Waals surface area (Å²) >= 11 is 3.40. The van der Waals surface area contributed by atoms with Crippen molar-refractivity contribution in [3.05, 3.63) is 52.0 Å². The number of halogens is 1. The standard InChI is InChI=1S/C14H13BrN2O2/c1-9-7-16-14(17-8-9)12(18)6-10-3-4-13(19-2)11(15)5-10/h3-5,7-8H,6H2,1-2H3. The third kappa shape index (κ3) is 3.38. The van der Waals surface area contributed by atoms with Gasteiger partial charge in [0.2, 0.25) is 5.78 Å². The largest absolute Gasteiger partial charge is 0.496 e. The molecule has 0 aliphatic rings. The van der Waals surface area contributed by atoms with Gasteiger partial charge in [-0.05, 0) is 46.1 Å². The summed E-state index contributed by atoms with van der Waals surface area (Å²) in [6.07, 6.45) is 3.56. The Bertz CT molecular complexity index is 597. The summed E-state index contributed by atoms with van der Waals surface area (Å²) < 4.78 is 5.97. The van der Waals surface area contributed by atoms with Crippen molar-refractivity contribution >= 4 is 21.7 Å². The fourth-order valence-electron chi connectivity index (χ4n) is 1.62. The van der Waals surface area contributed by atoms with Crippen molar-refractivity contribution in [1.82, 2.24) is 9.97 Å². The van der Waals surface area contributed by atoms with Crippen LogP contribution in [-0.2, 0) is 6.42 Å². The van der Waals surface area contributed by atoms with E-state index in [1.54, 1.807) is 19.5 Å². The Morgan fingerprint density at radius 3 is 2.58 bits per heavy atom. The summed E-state index contributed by atoms with van der Waals surface area (Å²) in [6.45, 7) is 1.88. The highest BCUT2D eigenvalue weighted by molar-refractivity contribution is 9.10. The van der Waals surface area contributed by atoms with Crippen LogP contribution in [0.25, 0.3) is 0 Å². The van der Waals surface area contributed by atoms with Gasteiger partial charge in [0.25, 0.3) is 0 Å². The third-order valence-electron chi connectivity index (χ3n) is 2.61. The third-order valence-corrected chi connectivity index (χ3v) is 3.23. The van der Waals surface area contributed by atoms with Gasteiger partial charge in [-0.3, -0.25) is 4.79 Å². The summed E-state index contributed by atoms with van der Waals surface area (Å²) in [7, 11) is 1.60. The molecular weight excluding hydrogens is 308 g/mol. The molecule has 0 atom stereocenters. The maximum atomic E-state index is 12.0. The van der Waals surface area contributed by atoms with Crippen LogP contribution in [0.1, 0.15) is 21.7 Å². The van der Waals surface area contributed by atoms with Crippen LogP contribution in [0.4, 0.5) is 0 Å². The molecule has 2 rings (SSSR count). The summed E-state index contributed by atoms with van der Waals surface area (Å²) in [5, 5.41) is 0. The maximum Gasteiger partial charge on any atom is 0.204 e. The van der Waals surface area contributed by atoms with Crippen molar-refractivity contribution in [3.63, 3.8) is 0 Å². The molecule has 0 fully saturated rings. The van der Waals surface area contributed by atoms with E-state index in [0.29, 0.717) is 0 Å². The van der Waals surface area contributed by atoms with Crippen molar-refractivity contribution in [2.75, 3.05) is 7.11 Å². The van der Waals surface area contributed by atoms with Gasteiger partial charge >= 0.3 is 0 Å². The second-order valence-electron chi connectivity index (χ2n) is 4.15. The molecule has 1 heterocycles. The summed E-state index contributed by atoms with van der Waals surface area (Å²) in [5.74, 6) is 0.886. The fraction of sp³-hybridized carbons (Fsp3) is 0.214. The van der Waals surface area contributed by atoms with Crippen LogP contribution < -0.4 is 4.74 Å². The van der Waals surface area contributed by atoms with E-state index in [0.717, 1.165) is 21.3 Å². The van der Waals surface area contributed by atoms with Crippen LogP contribution in [0.2, 0.25) is 0 Å². The first kappa shape index (κ1) is 13.7. The summed E-state index contributed by atoms with van der Waals surface area (Å²) in [5.41, 5.74) is 1.82.